The highest BCUT2D eigenvalue weighted by Crippen LogP contribution is 2.45. The quantitative estimate of drug-likeness (QED) is 0.571. The summed E-state index contributed by atoms with van der Waals surface area (Å²) < 4.78 is 5.64. The zero-order valence-corrected chi connectivity index (χ0v) is 6.68. The fourth-order valence-electron chi connectivity index (χ4n) is 2.60. The van der Waals surface area contributed by atoms with E-state index in [1.807, 2.05) is 0 Å². The number of hydrogen-bond donors (Lipinski definition) is 0. The van der Waals surface area contributed by atoms with Crippen LogP contribution in [0, 0.1) is 11.8 Å². The Hall–Kier alpha value is -0.0400. The Kier molecular flexibility index (Phi) is 1.69. The molecule has 2 rings (SSSR count). The summed E-state index contributed by atoms with van der Waals surface area (Å²) in [5.41, 5.74) is 0. The van der Waals surface area contributed by atoms with Gasteiger partial charge in [0.2, 0.25) is 0 Å². The van der Waals surface area contributed by atoms with Gasteiger partial charge in [0.25, 0.3) is 0 Å². The average molecular weight is 140 g/mol. The van der Waals surface area contributed by atoms with Crippen LogP contribution in [-0.4, -0.2) is 12.7 Å². The molecule has 0 unspecified atom stereocenters. The molecule has 2 fully saturated rings. The van der Waals surface area contributed by atoms with Gasteiger partial charge < -0.3 is 4.74 Å². The molecule has 0 spiro atoms. The van der Waals surface area contributed by atoms with Gasteiger partial charge in [0.15, 0.2) is 0 Å². The molecule has 3 atom stereocenters. The van der Waals surface area contributed by atoms with Gasteiger partial charge in [0.05, 0.1) is 6.10 Å². The van der Waals surface area contributed by atoms with Crippen molar-refractivity contribution in [3.8, 4) is 0 Å². The van der Waals surface area contributed by atoms with E-state index in [1.54, 1.807) is 0 Å². The lowest BCUT2D eigenvalue weighted by molar-refractivity contribution is 0.0245. The summed E-state index contributed by atoms with van der Waals surface area (Å²) in [5, 5.41) is 0. The van der Waals surface area contributed by atoms with E-state index >= 15 is 0 Å². The number of fused-ring (bicyclic) bond motifs is 2. The second-order valence-corrected chi connectivity index (χ2v) is 3.67. The van der Waals surface area contributed by atoms with Crippen molar-refractivity contribution in [2.45, 2.75) is 38.7 Å². The minimum Gasteiger partial charge on any atom is -0.378 e. The number of hydrogen-bond acceptors (Lipinski definition) is 1. The molecular formula is C9H16O. The highest BCUT2D eigenvalue weighted by molar-refractivity contribution is 4.90. The van der Waals surface area contributed by atoms with Crippen LogP contribution in [0.1, 0.15) is 32.6 Å². The molecule has 2 aliphatic carbocycles. The summed E-state index contributed by atoms with van der Waals surface area (Å²) in [6.07, 6.45) is 6.39. The highest BCUT2D eigenvalue weighted by atomic mass is 16.5. The Morgan fingerprint density at radius 2 is 2.20 bits per heavy atom. The topological polar surface area (TPSA) is 9.23 Å². The molecule has 0 N–H and O–H groups in total. The van der Waals surface area contributed by atoms with E-state index in [0.717, 1.165) is 18.4 Å². The van der Waals surface area contributed by atoms with Crippen LogP contribution in [-0.2, 0) is 4.74 Å². The van der Waals surface area contributed by atoms with E-state index in [0.29, 0.717) is 6.10 Å². The molecule has 0 radical (unpaired) electrons. The van der Waals surface area contributed by atoms with Crippen molar-refractivity contribution in [2.75, 3.05) is 6.61 Å². The first-order valence-electron chi connectivity index (χ1n) is 4.51. The molecule has 0 heterocycles. The summed E-state index contributed by atoms with van der Waals surface area (Å²) in [6.45, 7) is 3.01. The van der Waals surface area contributed by atoms with Crippen LogP contribution < -0.4 is 0 Å². The van der Waals surface area contributed by atoms with Crippen LogP contribution in [0.3, 0.4) is 0 Å². The van der Waals surface area contributed by atoms with E-state index in [-0.39, 0.29) is 0 Å². The lowest BCUT2D eigenvalue weighted by Gasteiger charge is -2.20. The van der Waals surface area contributed by atoms with Crippen LogP contribution in [0.4, 0.5) is 0 Å². The van der Waals surface area contributed by atoms with Crippen molar-refractivity contribution in [1.82, 2.24) is 0 Å². The van der Waals surface area contributed by atoms with E-state index in [2.05, 4.69) is 6.92 Å². The summed E-state index contributed by atoms with van der Waals surface area (Å²) in [4.78, 5) is 0. The lowest BCUT2D eigenvalue weighted by atomic mass is 9.98. The van der Waals surface area contributed by atoms with E-state index in [9.17, 15) is 0 Å². The van der Waals surface area contributed by atoms with Crippen LogP contribution in [0.25, 0.3) is 0 Å². The first kappa shape index (κ1) is 6.66. The van der Waals surface area contributed by atoms with Crippen molar-refractivity contribution >= 4 is 0 Å². The SMILES string of the molecule is CCO[C@H]1C[C@H]2CC[C@@H]1C2. The fourth-order valence-corrected chi connectivity index (χ4v) is 2.60. The molecule has 2 bridgehead atoms. The first-order chi connectivity index (χ1) is 4.90. The molecule has 0 aliphatic heterocycles. The average Bonchev–Trinajstić information content (AvgIpc) is 2.48. The van der Waals surface area contributed by atoms with E-state index < -0.39 is 0 Å². The molecule has 1 nitrogen and oxygen atoms in total. The minimum atomic E-state index is 0.642. The largest absolute Gasteiger partial charge is 0.378 e. The molecule has 1 heteroatoms. The van der Waals surface area contributed by atoms with E-state index in [4.69, 9.17) is 4.74 Å². The third-order valence-corrected chi connectivity index (χ3v) is 3.05. The van der Waals surface area contributed by atoms with Crippen molar-refractivity contribution in [3.63, 3.8) is 0 Å². The molecule has 10 heavy (non-hydrogen) atoms. The van der Waals surface area contributed by atoms with Gasteiger partial charge >= 0.3 is 0 Å². The smallest absolute Gasteiger partial charge is 0.0605 e. The van der Waals surface area contributed by atoms with Crippen LogP contribution >= 0.6 is 0 Å². The maximum atomic E-state index is 5.64. The van der Waals surface area contributed by atoms with Crippen molar-refractivity contribution in [3.05, 3.63) is 0 Å². The van der Waals surface area contributed by atoms with Crippen molar-refractivity contribution in [2.24, 2.45) is 11.8 Å². The molecule has 0 saturated heterocycles. The Morgan fingerprint density at radius 3 is 2.70 bits per heavy atom. The zero-order valence-electron chi connectivity index (χ0n) is 6.68. The molecule has 2 saturated carbocycles. The molecule has 0 aromatic carbocycles. The van der Waals surface area contributed by atoms with Gasteiger partial charge in [-0.2, -0.15) is 0 Å². The molecule has 0 aromatic heterocycles. The van der Waals surface area contributed by atoms with Gasteiger partial charge in [-0.05, 0) is 44.4 Å². The second kappa shape index (κ2) is 2.54. The van der Waals surface area contributed by atoms with Crippen LogP contribution in [0.15, 0.2) is 0 Å². The molecule has 2 aliphatic rings. The monoisotopic (exact) mass is 140 g/mol. The second-order valence-electron chi connectivity index (χ2n) is 3.67. The fraction of sp³-hybridized carbons (Fsp3) is 1.00. The lowest BCUT2D eigenvalue weighted by Crippen LogP contribution is -2.19. The van der Waals surface area contributed by atoms with Crippen LogP contribution in [0.2, 0.25) is 0 Å². The highest BCUT2D eigenvalue weighted by Gasteiger charge is 2.39. The number of rotatable bonds is 2. The predicted molar refractivity (Wildman–Crippen MR) is 40.9 cm³/mol. The standard InChI is InChI=1S/C9H16O/c1-2-10-9-6-7-3-4-8(9)5-7/h7-9H,2-6H2,1H3/t7-,8+,9-/m0/s1. The third-order valence-electron chi connectivity index (χ3n) is 3.05. The zero-order chi connectivity index (χ0) is 6.97. The summed E-state index contributed by atoms with van der Waals surface area (Å²) >= 11 is 0. The maximum absolute atomic E-state index is 5.64. The van der Waals surface area contributed by atoms with Gasteiger partial charge in [0, 0.05) is 6.61 Å². The third kappa shape index (κ3) is 0.968. The van der Waals surface area contributed by atoms with Gasteiger partial charge in [0.1, 0.15) is 0 Å². The first-order valence-corrected chi connectivity index (χ1v) is 4.51. The van der Waals surface area contributed by atoms with E-state index in [1.165, 1.54) is 25.7 Å². The molecule has 0 amide bonds. The van der Waals surface area contributed by atoms with Gasteiger partial charge in [-0.15, -0.1) is 0 Å². The van der Waals surface area contributed by atoms with Gasteiger partial charge in [-0.1, -0.05) is 0 Å². The Labute approximate surface area is 62.8 Å². The molecule has 58 valence electrons. The normalized spacial score (nSPS) is 44.7. The maximum Gasteiger partial charge on any atom is 0.0605 e. The summed E-state index contributed by atoms with van der Waals surface area (Å²) in [6, 6.07) is 0. The summed E-state index contributed by atoms with van der Waals surface area (Å²) in [5.74, 6) is 1.96. The Morgan fingerprint density at radius 1 is 1.30 bits per heavy atom. The van der Waals surface area contributed by atoms with Crippen LogP contribution in [0.5, 0.6) is 0 Å². The Bertz CT molecular complexity index is 122. The molecular weight excluding hydrogens is 124 g/mol. The minimum absolute atomic E-state index is 0.642. The van der Waals surface area contributed by atoms with Crippen molar-refractivity contribution in [1.29, 1.82) is 0 Å². The van der Waals surface area contributed by atoms with Crippen molar-refractivity contribution < 1.29 is 4.74 Å². The number of ether oxygens (including phenoxy) is 1. The van der Waals surface area contributed by atoms with Gasteiger partial charge in [-0.25, -0.2) is 0 Å². The predicted octanol–water partition coefficient (Wildman–Crippen LogP) is 2.21. The molecule has 0 aromatic rings. The van der Waals surface area contributed by atoms with Gasteiger partial charge in [-0.3, -0.25) is 0 Å². The Balaban J connectivity index is 1.90. The summed E-state index contributed by atoms with van der Waals surface area (Å²) in [7, 11) is 0.